The number of ether oxygens (including phenoxy) is 2. The van der Waals surface area contributed by atoms with Gasteiger partial charge in [-0.3, -0.25) is 0 Å². The van der Waals surface area contributed by atoms with E-state index in [1.807, 2.05) is 6.07 Å². The molecule has 0 spiro atoms. The van der Waals surface area contributed by atoms with Crippen molar-refractivity contribution in [2.24, 2.45) is 0 Å². The third kappa shape index (κ3) is 2.16. The zero-order valence-corrected chi connectivity index (χ0v) is 11.3. The summed E-state index contributed by atoms with van der Waals surface area (Å²) in [5.41, 5.74) is 1.28. The molecule has 1 aromatic carbocycles. The van der Waals surface area contributed by atoms with Gasteiger partial charge in [0, 0.05) is 12.5 Å². The van der Waals surface area contributed by atoms with Crippen molar-refractivity contribution >= 4 is 15.9 Å². The van der Waals surface area contributed by atoms with Gasteiger partial charge in [0.05, 0.1) is 17.7 Å². The van der Waals surface area contributed by atoms with Gasteiger partial charge in [0.15, 0.2) is 11.5 Å². The van der Waals surface area contributed by atoms with E-state index < -0.39 is 0 Å². The summed E-state index contributed by atoms with van der Waals surface area (Å²) in [6.45, 7) is 2.57. The van der Waals surface area contributed by atoms with Gasteiger partial charge in [0.2, 0.25) is 0 Å². The summed E-state index contributed by atoms with van der Waals surface area (Å²) in [4.78, 5) is 0. The molecule has 92 valence electrons. The first-order chi connectivity index (χ1) is 8.36. The Morgan fingerprint density at radius 3 is 2.88 bits per heavy atom. The first-order valence-corrected chi connectivity index (χ1v) is 6.97. The Hall–Kier alpha value is -0.740. The number of halogens is 1. The summed E-state index contributed by atoms with van der Waals surface area (Å²) in [5, 5.41) is 3.51. The van der Waals surface area contributed by atoms with Crippen LogP contribution in [0.5, 0.6) is 11.5 Å². The van der Waals surface area contributed by atoms with Gasteiger partial charge in [-0.05, 0) is 46.9 Å². The molecule has 2 heterocycles. The minimum absolute atomic E-state index is 0.446. The summed E-state index contributed by atoms with van der Waals surface area (Å²) in [7, 11) is 0. The van der Waals surface area contributed by atoms with Crippen molar-refractivity contribution in [1.82, 2.24) is 5.32 Å². The lowest BCUT2D eigenvalue weighted by atomic mass is 10.0. The molecule has 1 aromatic rings. The van der Waals surface area contributed by atoms with Gasteiger partial charge in [-0.1, -0.05) is 6.07 Å². The fourth-order valence-corrected chi connectivity index (χ4v) is 3.15. The monoisotopic (exact) mass is 297 g/mol. The summed E-state index contributed by atoms with van der Waals surface area (Å²) < 4.78 is 12.5. The summed E-state index contributed by atoms with van der Waals surface area (Å²) >= 11 is 3.67. The van der Waals surface area contributed by atoms with Crippen molar-refractivity contribution in [3.05, 3.63) is 22.2 Å². The highest BCUT2D eigenvalue weighted by molar-refractivity contribution is 9.10. The van der Waals surface area contributed by atoms with Gasteiger partial charge in [0.25, 0.3) is 0 Å². The first kappa shape index (κ1) is 11.4. The molecule has 1 N–H and O–H groups in total. The van der Waals surface area contributed by atoms with Crippen LogP contribution >= 0.6 is 15.9 Å². The van der Waals surface area contributed by atoms with E-state index in [2.05, 4.69) is 27.3 Å². The maximum atomic E-state index is 5.78. The molecule has 0 aromatic heterocycles. The standard InChI is InChI=1S/C13H16BrNO2/c14-12-9(10-3-1-6-15-10)4-5-11-13(12)17-8-2-7-16-11/h4-5,10,15H,1-3,6-8H2. The topological polar surface area (TPSA) is 30.5 Å². The third-order valence-corrected chi connectivity index (χ3v) is 4.14. The Bertz CT molecular complexity index is 416. The molecule has 2 aliphatic rings. The summed E-state index contributed by atoms with van der Waals surface area (Å²) in [6, 6.07) is 4.61. The molecule has 2 aliphatic heterocycles. The third-order valence-electron chi connectivity index (χ3n) is 3.32. The Morgan fingerprint density at radius 1 is 1.18 bits per heavy atom. The molecule has 1 unspecified atom stereocenters. The molecular formula is C13H16BrNO2. The quantitative estimate of drug-likeness (QED) is 0.864. The van der Waals surface area contributed by atoms with Crippen LogP contribution in [-0.4, -0.2) is 19.8 Å². The minimum Gasteiger partial charge on any atom is -0.490 e. The van der Waals surface area contributed by atoms with E-state index in [-0.39, 0.29) is 0 Å². The number of benzene rings is 1. The van der Waals surface area contributed by atoms with Crippen LogP contribution in [0.3, 0.4) is 0 Å². The Labute approximate surface area is 110 Å². The average Bonchev–Trinajstić information content (AvgIpc) is 2.74. The van der Waals surface area contributed by atoms with Crippen LogP contribution in [-0.2, 0) is 0 Å². The number of nitrogens with one attached hydrogen (secondary N) is 1. The van der Waals surface area contributed by atoms with E-state index in [0.717, 1.165) is 42.2 Å². The van der Waals surface area contributed by atoms with E-state index in [0.29, 0.717) is 6.04 Å². The van der Waals surface area contributed by atoms with Crippen molar-refractivity contribution in [2.45, 2.75) is 25.3 Å². The smallest absolute Gasteiger partial charge is 0.175 e. The minimum atomic E-state index is 0.446. The molecule has 4 heteroatoms. The second-order valence-electron chi connectivity index (χ2n) is 4.50. The van der Waals surface area contributed by atoms with Gasteiger partial charge in [0.1, 0.15) is 0 Å². The highest BCUT2D eigenvalue weighted by atomic mass is 79.9. The van der Waals surface area contributed by atoms with E-state index >= 15 is 0 Å². The number of fused-ring (bicyclic) bond motifs is 1. The second kappa shape index (κ2) is 4.86. The van der Waals surface area contributed by atoms with Gasteiger partial charge >= 0.3 is 0 Å². The van der Waals surface area contributed by atoms with Crippen LogP contribution in [0.4, 0.5) is 0 Å². The molecule has 0 saturated carbocycles. The van der Waals surface area contributed by atoms with Crippen molar-refractivity contribution < 1.29 is 9.47 Å². The molecule has 17 heavy (non-hydrogen) atoms. The summed E-state index contributed by atoms with van der Waals surface area (Å²) in [5.74, 6) is 1.73. The van der Waals surface area contributed by atoms with Crippen molar-refractivity contribution in [1.29, 1.82) is 0 Å². The number of hydrogen-bond donors (Lipinski definition) is 1. The van der Waals surface area contributed by atoms with Crippen LogP contribution in [0.25, 0.3) is 0 Å². The molecule has 1 saturated heterocycles. The SMILES string of the molecule is Brc1c(C2CCCN2)ccc2c1OCCCO2. The van der Waals surface area contributed by atoms with Crippen molar-refractivity contribution in [3.8, 4) is 11.5 Å². The van der Waals surface area contributed by atoms with E-state index in [9.17, 15) is 0 Å². The molecule has 0 amide bonds. The highest BCUT2D eigenvalue weighted by Gasteiger charge is 2.23. The van der Waals surface area contributed by atoms with Crippen LogP contribution in [0.15, 0.2) is 16.6 Å². The van der Waals surface area contributed by atoms with Crippen molar-refractivity contribution in [3.63, 3.8) is 0 Å². The van der Waals surface area contributed by atoms with Gasteiger partial charge < -0.3 is 14.8 Å². The largest absolute Gasteiger partial charge is 0.490 e. The lowest BCUT2D eigenvalue weighted by Gasteiger charge is -2.17. The molecule has 0 aliphatic carbocycles. The van der Waals surface area contributed by atoms with Crippen molar-refractivity contribution in [2.75, 3.05) is 19.8 Å². The fraction of sp³-hybridized carbons (Fsp3) is 0.538. The van der Waals surface area contributed by atoms with E-state index in [4.69, 9.17) is 9.47 Å². The lowest BCUT2D eigenvalue weighted by molar-refractivity contribution is 0.296. The predicted octanol–water partition coefficient (Wildman–Crippen LogP) is 3.03. The van der Waals surface area contributed by atoms with Gasteiger partial charge in [-0.15, -0.1) is 0 Å². The fourth-order valence-electron chi connectivity index (χ4n) is 2.44. The maximum absolute atomic E-state index is 5.78. The molecule has 1 fully saturated rings. The zero-order valence-electron chi connectivity index (χ0n) is 9.67. The number of rotatable bonds is 1. The first-order valence-electron chi connectivity index (χ1n) is 6.17. The molecule has 3 rings (SSSR count). The normalized spacial score (nSPS) is 23.5. The highest BCUT2D eigenvalue weighted by Crippen LogP contribution is 2.42. The Kier molecular flexibility index (Phi) is 3.25. The second-order valence-corrected chi connectivity index (χ2v) is 5.29. The average molecular weight is 298 g/mol. The molecular weight excluding hydrogens is 282 g/mol. The van der Waals surface area contributed by atoms with Gasteiger partial charge in [-0.2, -0.15) is 0 Å². The predicted molar refractivity (Wildman–Crippen MR) is 69.7 cm³/mol. The summed E-state index contributed by atoms with van der Waals surface area (Å²) in [6.07, 6.45) is 3.38. The lowest BCUT2D eigenvalue weighted by Crippen LogP contribution is -2.13. The molecule has 0 radical (unpaired) electrons. The van der Waals surface area contributed by atoms with E-state index in [1.54, 1.807) is 0 Å². The molecule has 1 atom stereocenters. The van der Waals surface area contributed by atoms with Crippen LogP contribution < -0.4 is 14.8 Å². The maximum Gasteiger partial charge on any atom is 0.175 e. The Balaban J connectivity index is 1.98. The molecule has 0 bridgehead atoms. The van der Waals surface area contributed by atoms with Crippen LogP contribution in [0, 0.1) is 0 Å². The van der Waals surface area contributed by atoms with Crippen LogP contribution in [0.2, 0.25) is 0 Å². The Morgan fingerprint density at radius 2 is 2.06 bits per heavy atom. The van der Waals surface area contributed by atoms with Crippen LogP contribution in [0.1, 0.15) is 30.9 Å². The van der Waals surface area contributed by atoms with E-state index in [1.165, 1.54) is 18.4 Å². The number of hydrogen-bond acceptors (Lipinski definition) is 3. The molecule has 3 nitrogen and oxygen atoms in total. The zero-order chi connectivity index (χ0) is 11.7. The van der Waals surface area contributed by atoms with Gasteiger partial charge in [-0.25, -0.2) is 0 Å².